The number of benzene rings is 1. The monoisotopic (exact) mass is 183 g/mol. The van der Waals surface area contributed by atoms with Crippen molar-refractivity contribution >= 4 is 5.69 Å². The van der Waals surface area contributed by atoms with E-state index in [2.05, 4.69) is 5.32 Å². The van der Waals surface area contributed by atoms with E-state index < -0.39 is 0 Å². The van der Waals surface area contributed by atoms with Gasteiger partial charge in [-0.2, -0.15) is 0 Å². The van der Waals surface area contributed by atoms with Crippen molar-refractivity contribution in [1.82, 2.24) is 0 Å². The fourth-order valence-corrected chi connectivity index (χ4v) is 1.02. The third-order valence-electron chi connectivity index (χ3n) is 1.74. The van der Waals surface area contributed by atoms with Gasteiger partial charge in [0.05, 0.1) is 12.3 Å². The van der Waals surface area contributed by atoms with E-state index >= 15 is 0 Å². The highest BCUT2D eigenvalue weighted by atomic mass is 16.3. The van der Waals surface area contributed by atoms with Gasteiger partial charge in [0.15, 0.2) is 0 Å². The Morgan fingerprint density at radius 1 is 1.23 bits per heavy atom. The van der Waals surface area contributed by atoms with Crippen molar-refractivity contribution in [3.63, 3.8) is 0 Å². The van der Waals surface area contributed by atoms with Crippen molar-refractivity contribution in [3.05, 3.63) is 17.7 Å². The molecule has 0 amide bonds. The first kappa shape index (κ1) is 9.67. The van der Waals surface area contributed by atoms with E-state index in [0.29, 0.717) is 17.8 Å². The van der Waals surface area contributed by atoms with Crippen LogP contribution in [0.15, 0.2) is 12.1 Å². The minimum atomic E-state index is -0.0171. The number of phenolic OH excluding ortho intramolecular Hbond substituents is 2. The van der Waals surface area contributed by atoms with E-state index in [9.17, 15) is 10.2 Å². The fraction of sp³-hybridized carbons (Fsp3) is 0.333. The van der Waals surface area contributed by atoms with Gasteiger partial charge < -0.3 is 20.6 Å². The van der Waals surface area contributed by atoms with Crippen LogP contribution in [0.2, 0.25) is 0 Å². The standard InChI is InChI=1S/C9H13NO3/c1-6-4-7(10-2-3-11)9(13)5-8(6)12/h4-5,10-13H,2-3H2,1H3. The Morgan fingerprint density at radius 2 is 1.92 bits per heavy atom. The zero-order valence-corrected chi connectivity index (χ0v) is 7.41. The van der Waals surface area contributed by atoms with Gasteiger partial charge in [-0.25, -0.2) is 0 Å². The topological polar surface area (TPSA) is 72.7 Å². The number of nitrogens with one attached hydrogen (secondary N) is 1. The van der Waals surface area contributed by atoms with Gasteiger partial charge in [0, 0.05) is 12.6 Å². The molecule has 4 N–H and O–H groups in total. The number of aliphatic hydroxyl groups excluding tert-OH is 1. The second-order valence-electron chi connectivity index (χ2n) is 2.81. The van der Waals surface area contributed by atoms with Gasteiger partial charge >= 0.3 is 0 Å². The van der Waals surface area contributed by atoms with Crippen molar-refractivity contribution in [2.45, 2.75) is 6.92 Å². The molecule has 0 saturated carbocycles. The van der Waals surface area contributed by atoms with Crippen molar-refractivity contribution in [1.29, 1.82) is 0 Å². The van der Waals surface area contributed by atoms with E-state index in [4.69, 9.17) is 5.11 Å². The summed E-state index contributed by atoms with van der Waals surface area (Å²) >= 11 is 0. The lowest BCUT2D eigenvalue weighted by molar-refractivity contribution is 0.311. The Bertz CT molecular complexity index is 299. The van der Waals surface area contributed by atoms with Gasteiger partial charge in [-0.1, -0.05) is 0 Å². The average Bonchev–Trinajstić information content (AvgIpc) is 2.09. The molecule has 0 saturated heterocycles. The summed E-state index contributed by atoms with van der Waals surface area (Å²) in [5.74, 6) is 0.0450. The molecule has 4 nitrogen and oxygen atoms in total. The Labute approximate surface area is 76.5 Å². The number of aryl methyl sites for hydroxylation is 1. The summed E-state index contributed by atoms with van der Waals surface area (Å²) in [6.45, 7) is 2.11. The summed E-state index contributed by atoms with van der Waals surface area (Å²) in [5, 5.41) is 29.9. The number of hydrogen-bond donors (Lipinski definition) is 4. The molecular weight excluding hydrogens is 170 g/mol. The van der Waals surface area contributed by atoms with Crippen molar-refractivity contribution in [2.24, 2.45) is 0 Å². The van der Waals surface area contributed by atoms with Gasteiger partial charge in [-0.05, 0) is 18.6 Å². The van der Waals surface area contributed by atoms with Gasteiger partial charge in [-0.15, -0.1) is 0 Å². The van der Waals surface area contributed by atoms with Crippen LogP contribution in [-0.4, -0.2) is 28.5 Å². The molecule has 0 radical (unpaired) electrons. The minimum Gasteiger partial charge on any atom is -0.508 e. The predicted molar refractivity (Wildman–Crippen MR) is 50.1 cm³/mol. The van der Waals surface area contributed by atoms with Crippen molar-refractivity contribution < 1.29 is 15.3 Å². The lowest BCUT2D eigenvalue weighted by atomic mass is 10.2. The van der Waals surface area contributed by atoms with E-state index in [-0.39, 0.29) is 18.1 Å². The van der Waals surface area contributed by atoms with Crippen LogP contribution in [0.5, 0.6) is 11.5 Å². The quantitative estimate of drug-likeness (QED) is 0.413. The van der Waals surface area contributed by atoms with Crippen molar-refractivity contribution in [3.8, 4) is 11.5 Å². The highest BCUT2D eigenvalue weighted by Gasteiger charge is 2.04. The molecule has 0 atom stereocenters. The SMILES string of the molecule is Cc1cc(NCCO)c(O)cc1O. The fourth-order valence-electron chi connectivity index (χ4n) is 1.02. The third kappa shape index (κ3) is 2.26. The maximum absolute atomic E-state index is 9.34. The number of hydrogen-bond acceptors (Lipinski definition) is 4. The molecule has 0 fully saturated rings. The van der Waals surface area contributed by atoms with Crippen LogP contribution in [0.25, 0.3) is 0 Å². The Morgan fingerprint density at radius 3 is 2.54 bits per heavy atom. The second-order valence-corrected chi connectivity index (χ2v) is 2.81. The van der Waals surface area contributed by atoms with Crippen LogP contribution in [0.3, 0.4) is 0 Å². The van der Waals surface area contributed by atoms with Crippen LogP contribution in [0, 0.1) is 6.92 Å². The normalized spacial score (nSPS) is 10.0. The highest BCUT2D eigenvalue weighted by Crippen LogP contribution is 2.30. The molecule has 1 aromatic carbocycles. The molecule has 72 valence electrons. The van der Waals surface area contributed by atoms with Crippen LogP contribution in [0.4, 0.5) is 5.69 Å². The second kappa shape index (κ2) is 4.00. The minimum absolute atomic E-state index is 0.000631. The highest BCUT2D eigenvalue weighted by molar-refractivity contribution is 5.60. The lowest BCUT2D eigenvalue weighted by Crippen LogP contribution is -2.05. The molecular formula is C9H13NO3. The molecule has 0 bridgehead atoms. The van der Waals surface area contributed by atoms with Crippen LogP contribution >= 0.6 is 0 Å². The number of phenols is 2. The number of anilines is 1. The smallest absolute Gasteiger partial charge is 0.142 e. The van der Waals surface area contributed by atoms with Gasteiger partial charge in [0.25, 0.3) is 0 Å². The molecule has 4 heteroatoms. The zero-order valence-electron chi connectivity index (χ0n) is 7.41. The Balaban J connectivity index is 2.88. The molecule has 1 aromatic rings. The maximum Gasteiger partial charge on any atom is 0.142 e. The first-order valence-electron chi connectivity index (χ1n) is 4.02. The molecule has 0 aromatic heterocycles. The van der Waals surface area contributed by atoms with Gasteiger partial charge in [-0.3, -0.25) is 0 Å². The van der Waals surface area contributed by atoms with Gasteiger partial charge in [0.1, 0.15) is 11.5 Å². The summed E-state index contributed by atoms with van der Waals surface area (Å²) in [7, 11) is 0. The molecule has 0 heterocycles. The Hall–Kier alpha value is -1.42. The largest absolute Gasteiger partial charge is 0.508 e. The molecule has 0 aliphatic carbocycles. The zero-order chi connectivity index (χ0) is 9.84. The molecule has 0 aliphatic heterocycles. The van der Waals surface area contributed by atoms with Crippen LogP contribution in [-0.2, 0) is 0 Å². The van der Waals surface area contributed by atoms with E-state index in [0.717, 1.165) is 0 Å². The molecule has 13 heavy (non-hydrogen) atoms. The van der Waals surface area contributed by atoms with E-state index in [1.807, 2.05) is 0 Å². The number of aliphatic hydroxyl groups is 1. The third-order valence-corrected chi connectivity index (χ3v) is 1.74. The van der Waals surface area contributed by atoms with Gasteiger partial charge in [0.2, 0.25) is 0 Å². The van der Waals surface area contributed by atoms with Crippen LogP contribution < -0.4 is 5.32 Å². The van der Waals surface area contributed by atoms with E-state index in [1.165, 1.54) is 6.07 Å². The lowest BCUT2D eigenvalue weighted by Gasteiger charge is -2.08. The first-order chi connectivity index (χ1) is 6.15. The number of rotatable bonds is 3. The molecule has 0 aliphatic rings. The molecule has 1 rings (SSSR count). The molecule has 0 unspecified atom stereocenters. The maximum atomic E-state index is 9.34. The summed E-state index contributed by atoms with van der Waals surface area (Å²) in [6, 6.07) is 2.90. The summed E-state index contributed by atoms with van der Waals surface area (Å²) < 4.78 is 0. The van der Waals surface area contributed by atoms with Crippen LogP contribution in [0.1, 0.15) is 5.56 Å². The number of aromatic hydroxyl groups is 2. The predicted octanol–water partition coefficient (Wildman–Crippen LogP) is 0.810. The van der Waals surface area contributed by atoms with E-state index in [1.54, 1.807) is 13.0 Å². The first-order valence-corrected chi connectivity index (χ1v) is 4.02. The summed E-state index contributed by atoms with van der Waals surface area (Å²) in [4.78, 5) is 0. The van der Waals surface area contributed by atoms with Crippen molar-refractivity contribution in [2.75, 3.05) is 18.5 Å². The summed E-state index contributed by atoms with van der Waals surface area (Å²) in [5.41, 5.74) is 1.20. The molecule has 0 spiro atoms. The summed E-state index contributed by atoms with van der Waals surface area (Å²) in [6.07, 6.45) is 0. The Kier molecular flexibility index (Phi) is 2.97. The average molecular weight is 183 g/mol.